The number of non-ortho nitro benzene ring substituents is 1. The molecule has 0 radical (unpaired) electrons. The highest BCUT2D eigenvalue weighted by Gasteiger charge is 2.13. The number of halogens is 1. The minimum absolute atomic E-state index is 0.0749. The summed E-state index contributed by atoms with van der Waals surface area (Å²) in [5.74, 6) is 1.23. The molecule has 2 aromatic carbocycles. The van der Waals surface area contributed by atoms with Crippen LogP contribution < -0.4 is 20.1 Å². The van der Waals surface area contributed by atoms with Gasteiger partial charge in [-0.2, -0.15) is 4.98 Å². The van der Waals surface area contributed by atoms with Gasteiger partial charge in [-0.15, -0.1) is 0 Å². The second-order valence-electron chi connectivity index (χ2n) is 6.11. The zero-order valence-electron chi connectivity index (χ0n) is 15.9. The van der Waals surface area contributed by atoms with Crippen LogP contribution in [0.1, 0.15) is 0 Å². The molecular weight excluding hydrogens is 415 g/mol. The average Bonchev–Trinajstić information content (AvgIpc) is 2.70. The molecule has 0 fully saturated rings. The van der Waals surface area contributed by atoms with Crippen molar-refractivity contribution in [3.63, 3.8) is 0 Å². The number of nitro groups is 1. The Morgan fingerprint density at radius 2 is 2.00 bits per heavy atom. The summed E-state index contributed by atoms with van der Waals surface area (Å²) < 4.78 is 11.1. The van der Waals surface area contributed by atoms with E-state index in [2.05, 4.69) is 28.6 Å². The molecule has 0 aliphatic rings. The summed E-state index contributed by atoms with van der Waals surface area (Å²) >= 11 is 6.13. The fraction of sp³-hybridized carbons (Fsp3) is 0.158. The lowest BCUT2D eigenvalue weighted by molar-refractivity contribution is -0.384. The standard InChI is InChI=1S/C19H18ClN4O4P/c1-27-17-10-14(29(2)3)7-8-16(17)22-19-21-11-15(20)18(23-19)28-13-6-4-5-12(9-13)24(25)26/h4-11H,1-3H3,(H,21,22,23). The van der Waals surface area contributed by atoms with Gasteiger partial charge in [0.05, 0.1) is 30.0 Å². The van der Waals surface area contributed by atoms with E-state index in [1.807, 2.05) is 18.2 Å². The Morgan fingerprint density at radius 1 is 1.21 bits per heavy atom. The first-order valence-corrected chi connectivity index (χ1v) is 11.1. The highest BCUT2D eigenvalue weighted by molar-refractivity contribution is 7.64. The molecule has 0 atom stereocenters. The van der Waals surface area contributed by atoms with Crippen molar-refractivity contribution in [1.29, 1.82) is 0 Å². The average molecular weight is 433 g/mol. The van der Waals surface area contributed by atoms with Gasteiger partial charge in [-0.3, -0.25) is 10.1 Å². The first kappa shape index (κ1) is 20.8. The summed E-state index contributed by atoms with van der Waals surface area (Å²) in [7, 11) is 1.34. The molecule has 1 heterocycles. The van der Waals surface area contributed by atoms with Crippen molar-refractivity contribution in [3.05, 3.63) is 63.8 Å². The largest absolute Gasteiger partial charge is 0.495 e. The molecule has 0 amide bonds. The van der Waals surface area contributed by atoms with E-state index < -0.39 is 4.92 Å². The number of hydrogen-bond acceptors (Lipinski definition) is 7. The third kappa shape index (κ3) is 5.10. The van der Waals surface area contributed by atoms with Crippen molar-refractivity contribution < 1.29 is 14.4 Å². The first-order chi connectivity index (χ1) is 13.9. The Balaban J connectivity index is 1.86. The minimum Gasteiger partial charge on any atom is -0.495 e. The highest BCUT2D eigenvalue weighted by Crippen LogP contribution is 2.33. The van der Waals surface area contributed by atoms with Crippen LogP contribution in [0.15, 0.2) is 48.7 Å². The maximum atomic E-state index is 10.9. The van der Waals surface area contributed by atoms with Gasteiger partial charge in [-0.25, -0.2) is 4.98 Å². The Labute approximate surface area is 173 Å². The number of rotatable bonds is 7. The maximum absolute atomic E-state index is 10.9. The second-order valence-corrected chi connectivity index (χ2v) is 8.82. The van der Waals surface area contributed by atoms with Gasteiger partial charge in [0.1, 0.15) is 16.5 Å². The summed E-state index contributed by atoms with van der Waals surface area (Å²) in [4.78, 5) is 18.9. The van der Waals surface area contributed by atoms with Crippen molar-refractivity contribution in [2.75, 3.05) is 25.8 Å². The van der Waals surface area contributed by atoms with E-state index in [0.717, 1.165) is 0 Å². The van der Waals surface area contributed by atoms with Crippen molar-refractivity contribution in [2.24, 2.45) is 0 Å². The lowest BCUT2D eigenvalue weighted by Gasteiger charge is -2.14. The van der Waals surface area contributed by atoms with E-state index >= 15 is 0 Å². The summed E-state index contributed by atoms with van der Waals surface area (Å²) in [5.41, 5.74) is 0.597. The number of hydrogen-bond donors (Lipinski definition) is 1. The topological polar surface area (TPSA) is 99.4 Å². The van der Waals surface area contributed by atoms with E-state index in [1.54, 1.807) is 13.2 Å². The summed E-state index contributed by atoms with van der Waals surface area (Å²) in [6.45, 7) is 4.33. The van der Waals surface area contributed by atoms with Crippen LogP contribution in [0.3, 0.4) is 0 Å². The molecule has 3 rings (SSSR count). The molecule has 1 aromatic heterocycles. The summed E-state index contributed by atoms with van der Waals surface area (Å²) in [6, 6.07) is 11.7. The van der Waals surface area contributed by atoms with Crippen LogP contribution in [0.4, 0.5) is 17.3 Å². The van der Waals surface area contributed by atoms with Crippen molar-refractivity contribution in [3.8, 4) is 17.4 Å². The third-order valence-electron chi connectivity index (χ3n) is 3.90. The molecule has 0 aliphatic heterocycles. The molecule has 0 saturated carbocycles. The zero-order chi connectivity index (χ0) is 21.0. The van der Waals surface area contributed by atoms with E-state index in [1.165, 1.54) is 29.7 Å². The van der Waals surface area contributed by atoms with Crippen LogP contribution in [0.2, 0.25) is 5.02 Å². The third-order valence-corrected chi connectivity index (χ3v) is 5.47. The van der Waals surface area contributed by atoms with E-state index in [4.69, 9.17) is 21.1 Å². The van der Waals surface area contributed by atoms with Crippen LogP contribution in [0.5, 0.6) is 17.4 Å². The van der Waals surface area contributed by atoms with E-state index in [0.29, 0.717) is 11.4 Å². The summed E-state index contributed by atoms with van der Waals surface area (Å²) in [6.07, 6.45) is 1.39. The molecule has 150 valence electrons. The number of ether oxygens (including phenoxy) is 2. The normalized spacial score (nSPS) is 10.7. The number of nitrogens with zero attached hydrogens (tertiary/aromatic N) is 3. The number of nitrogens with one attached hydrogen (secondary N) is 1. The van der Waals surface area contributed by atoms with Crippen LogP contribution in [-0.2, 0) is 0 Å². The lowest BCUT2D eigenvalue weighted by Crippen LogP contribution is -2.05. The van der Waals surface area contributed by atoms with E-state index in [-0.39, 0.29) is 36.2 Å². The molecule has 0 saturated heterocycles. The van der Waals surface area contributed by atoms with Crippen LogP contribution >= 0.6 is 19.5 Å². The number of methoxy groups -OCH3 is 1. The van der Waals surface area contributed by atoms with Crippen molar-refractivity contribution >= 4 is 42.2 Å². The van der Waals surface area contributed by atoms with Gasteiger partial charge in [0.2, 0.25) is 11.8 Å². The molecule has 0 spiro atoms. The van der Waals surface area contributed by atoms with Gasteiger partial charge in [0.25, 0.3) is 5.69 Å². The minimum atomic E-state index is -0.504. The molecule has 3 aromatic rings. The van der Waals surface area contributed by atoms with Crippen molar-refractivity contribution in [1.82, 2.24) is 9.97 Å². The Hall–Kier alpha value is -2.96. The number of aromatic nitrogens is 2. The molecule has 10 heteroatoms. The fourth-order valence-corrected chi connectivity index (χ4v) is 3.32. The Bertz CT molecular complexity index is 1050. The molecule has 0 aliphatic carbocycles. The Kier molecular flexibility index (Phi) is 6.46. The van der Waals surface area contributed by atoms with E-state index in [9.17, 15) is 10.1 Å². The van der Waals surface area contributed by atoms with Gasteiger partial charge >= 0.3 is 0 Å². The molecule has 1 N–H and O–H groups in total. The fourth-order valence-electron chi connectivity index (χ4n) is 2.44. The van der Waals surface area contributed by atoms with Crippen molar-refractivity contribution in [2.45, 2.75) is 0 Å². The van der Waals surface area contributed by atoms with Gasteiger partial charge in [0, 0.05) is 6.07 Å². The van der Waals surface area contributed by atoms with Gasteiger partial charge in [-0.05, 0) is 36.8 Å². The number of anilines is 2. The lowest BCUT2D eigenvalue weighted by atomic mass is 10.3. The smallest absolute Gasteiger partial charge is 0.273 e. The molecule has 0 unspecified atom stereocenters. The van der Waals surface area contributed by atoms with Crippen LogP contribution in [-0.4, -0.2) is 35.3 Å². The number of benzene rings is 2. The zero-order valence-corrected chi connectivity index (χ0v) is 17.6. The van der Waals surface area contributed by atoms with Gasteiger partial charge < -0.3 is 14.8 Å². The molecule has 29 heavy (non-hydrogen) atoms. The van der Waals surface area contributed by atoms with Crippen LogP contribution in [0, 0.1) is 10.1 Å². The first-order valence-electron chi connectivity index (χ1n) is 8.44. The predicted molar refractivity (Wildman–Crippen MR) is 115 cm³/mol. The van der Waals surface area contributed by atoms with Crippen LogP contribution in [0.25, 0.3) is 0 Å². The monoisotopic (exact) mass is 432 g/mol. The summed E-state index contributed by atoms with van der Waals surface area (Å²) in [5, 5.41) is 15.4. The van der Waals surface area contributed by atoms with Gasteiger partial charge in [-0.1, -0.05) is 31.7 Å². The van der Waals surface area contributed by atoms with Gasteiger partial charge in [0.15, 0.2) is 0 Å². The second kappa shape index (κ2) is 9.03. The molecular formula is C19H18ClN4O4P. The molecule has 8 nitrogen and oxygen atoms in total. The Morgan fingerprint density at radius 3 is 2.69 bits per heavy atom. The predicted octanol–water partition coefficient (Wildman–Crippen LogP) is 4.95. The maximum Gasteiger partial charge on any atom is 0.273 e. The highest BCUT2D eigenvalue weighted by atomic mass is 35.5. The molecule has 0 bridgehead atoms. The number of nitro benzene ring substituents is 1. The SMILES string of the molecule is COc1cc(P(C)C)ccc1Nc1ncc(Cl)c(Oc2cccc([N+](=O)[O-])c2)n1. The quantitative estimate of drug-likeness (QED) is 0.320.